The number of methoxy groups -OCH3 is 2. The molecule has 1 aliphatic rings. The average molecular weight is 449 g/mol. The van der Waals surface area contributed by atoms with E-state index in [0.717, 1.165) is 0 Å². The second kappa shape index (κ2) is 8.58. The van der Waals surface area contributed by atoms with Crippen molar-refractivity contribution in [3.8, 4) is 11.5 Å². The van der Waals surface area contributed by atoms with E-state index in [0.29, 0.717) is 33.9 Å². The Kier molecular flexibility index (Phi) is 6.26. The number of ether oxygens (including phenoxy) is 2. The number of nitrogens with one attached hydrogen (secondary N) is 1. The molecular weight excluding hydrogens is 423 g/mol. The number of hydrogen-bond acceptors (Lipinski definition) is 5. The molecule has 31 heavy (non-hydrogen) atoms. The minimum atomic E-state index is -4.11. The molecule has 1 N–H and O–H groups in total. The van der Waals surface area contributed by atoms with Gasteiger partial charge in [0.05, 0.1) is 25.9 Å². The van der Waals surface area contributed by atoms with Crippen molar-refractivity contribution in [1.29, 1.82) is 0 Å². The summed E-state index contributed by atoms with van der Waals surface area (Å²) in [5, 5.41) is 2.72. The van der Waals surface area contributed by atoms with E-state index >= 15 is 0 Å². The topological polar surface area (TPSA) is 84.9 Å². The lowest BCUT2D eigenvalue weighted by Gasteiger charge is -2.32. The molecule has 9 heteroatoms. The monoisotopic (exact) mass is 448 g/mol. The first-order valence-electron chi connectivity index (χ1n) is 9.72. The molecule has 0 aromatic heterocycles. The highest BCUT2D eigenvalue weighted by molar-refractivity contribution is 7.97. The molecule has 1 heterocycles. The van der Waals surface area contributed by atoms with E-state index in [-0.39, 0.29) is 11.4 Å². The normalized spacial score (nSPS) is 15.9. The molecular formula is C22H25FN2O5S. The number of amides is 1. The van der Waals surface area contributed by atoms with Crippen LogP contribution >= 0.6 is 0 Å². The van der Waals surface area contributed by atoms with Gasteiger partial charge in [-0.15, -0.1) is 0 Å². The van der Waals surface area contributed by atoms with Gasteiger partial charge >= 0.3 is 0 Å². The summed E-state index contributed by atoms with van der Waals surface area (Å²) < 4.78 is 51.8. The van der Waals surface area contributed by atoms with Gasteiger partial charge in [-0.1, -0.05) is 12.1 Å². The third-order valence-corrected chi connectivity index (χ3v) is 7.32. The van der Waals surface area contributed by atoms with E-state index in [1.54, 1.807) is 45.0 Å². The Bertz CT molecular complexity index is 1140. The number of carbonyl (C=O) groups excluding carboxylic acids is 1. The third-order valence-electron chi connectivity index (χ3n) is 5.27. The highest BCUT2D eigenvalue weighted by Crippen LogP contribution is 2.44. The lowest BCUT2D eigenvalue weighted by Crippen LogP contribution is -2.41. The summed E-state index contributed by atoms with van der Waals surface area (Å²) in [6, 6.07) is 8.39. The van der Waals surface area contributed by atoms with E-state index in [9.17, 15) is 17.6 Å². The van der Waals surface area contributed by atoms with Crippen molar-refractivity contribution in [3.05, 3.63) is 58.2 Å². The summed E-state index contributed by atoms with van der Waals surface area (Å²) in [5.41, 5.74) is 1.94. The number of carbonyl (C=O) groups is 1. The Hall–Kier alpha value is -3.07. The van der Waals surface area contributed by atoms with Crippen LogP contribution in [0.5, 0.6) is 11.5 Å². The Morgan fingerprint density at radius 3 is 2.26 bits per heavy atom. The number of anilines is 1. The maximum atomic E-state index is 13.4. The van der Waals surface area contributed by atoms with Crippen LogP contribution in [-0.4, -0.2) is 35.1 Å². The lowest BCUT2D eigenvalue weighted by atomic mass is 10.0. The zero-order valence-electron chi connectivity index (χ0n) is 18.0. The van der Waals surface area contributed by atoms with Crippen molar-refractivity contribution in [2.75, 3.05) is 25.1 Å². The van der Waals surface area contributed by atoms with Gasteiger partial charge in [0.15, 0.2) is 16.4 Å². The van der Waals surface area contributed by atoms with Crippen molar-refractivity contribution >= 4 is 27.2 Å². The predicted octanol–water partition coefficient (Wildman–Crippen LogP) is 3.62. The van der Waals surface area contributed by atoms with Gasteiger partial charge < -0.3 is 14.8 Å². The molecule has 3 rings (SSSR count). The number of halogens is 1. The van der Waals surface area contributed by atoms with Crippen LogP contribution in [0.3, 0.4) is 0 Å². The fourth-order valence-corrected chi connectivity index (χ4v) is 5.42. The quantitative estimate of drug-likeness (QED) is 0.730. The number of hydrogen-bond donors (Lipinski definition) is 1. The van der Waals surface area contributed by atoms with Crippen LogP contribution in [0.1, 0.15) is 37.9 Å². The molecule has 166 valence electrons. The molecule has 0 bridgehead atoms. The predicted molar refractivity (Wildman–Crippen MR) is 117 cm³/mol. The van der Waals surface area contributed by atoms with E-state index in [4.69, 9.17) is 9.47 Å². The summed E-state index contributed by atoms with van der Waals surface area (Å²) in [7, 11) is -1.16. The first-order chi connectivity index (χ1) is 14.6. The smallest absolute Gasteiger partial charge is 0.270 e. The molecule has 1 aliphatic heterocycles. The van der Waals surface area contributed by atoms with Crippen LogP contribution in [-0.2, 0) is 14.8 Å². The van der Waals surface area contributed by atoms with Gasteiger partial charge in [0, 0.05) is 18.2 Å². The number of nitrogens with zero attached hydrogens (tertiary/aromatic N) is 1. The van der Waals surface area contributed by atoms with Crippen molar-refractivity contribution in [1.82, 2.24) is 5.32 Å². The van der Waals surface area contributed by atoms with E-state index in [1.165, 1.54) is 30.7 Å². The summed E-state index contributed by atoms with van der Waals surface area (Å²) in [4.78, 5) is 12.8. The van der Waals surface area contributed by atoms with Crippen LogP contribution in [0.4, 0.5) is 10.1 Å². The van der Waals surface area contributed by atoms with Crippen LogP contribution in [0.2, 0.25) is 0 Å². The minimum Gasteiger partial charge on any atom is -0.493 e. The van der Waals surface area contributed by atoms with Gasteiger partial charge in [-0.25, -0.2) is 12.8 Å². The first kappa shape index (κ1) is 22.6. The van der Waals surface area contributed by atoms with Crippen molar-refractivity contribution in [2.24, 2.45) is 0 Å². The second-order valence-corrected chi connectivity index (χ2v) is 8.89. The van der Waals surface area contributed by atoms with Gasteiger partial charge in [0.25, 0.3) is 15.9 Å². The number of allylic oxidation sites excluding steroid dienone is 1. The van der Waals surface area contributed by atoms with Gasteiger partial charge in [-0.3, -0.25) is 9.10 Å². The molecule has 2 aromatic rings. The number of sulfonamides is 1. The molecule has 0 saturated carbocycles. The summed E-state index contributed by atoms with van der Waals surface area (Å²) in [5.74, 6) is -0.306. The Morgan fingerprint density at radius 2 is 1.71 bits per heavy atom. The zero-order valence-corrected chi connectivity index (χ0v) is 18.8. The molecule has 2 aromatic carbocycles. The highest BCUT2D eigenvalue weighted by Gasteiger charge is 2.40. The number of fused-ring (bicyclic) bond motifs is 1. The molecule has 7 nitrogen and oxygen atoms in total. The average Bonchev–Trinajstić information content (AvgIpc) is 2.73. The molecule has 0 spiro atoms. The summed E-state index contributed by atoms with van der Waals surface area (Å²) in [6.45, 7) is 5.11. The Morgan fingerprint density at radius 1 is 1.13 bits per heavy atom. The van der Waals surface area contributed by atoms with Gasteiger partial charge in [0.1, 0.15) is 5.82 Å². The van der Waals surface area contributed by atoms with Crippen LogP contribution in [0, 0.1) is 5.82 Å². The minimum absolute atomic E-state index is 0.127. The van der Waals surface area contributed by atoms with Gasteiger partial charge in [-0.2, -0.15) is 0 Å². The van der Waals surface area contributed by atoms with E-state index in [2.05, 4.69) is 5.32 Å². The molecule has 0 fully saturated rings. The third kappa shape index (κ3) is 3.97. The molecule has 0 saturated heterocycles. The molecule has 0 aliphatic carbocycles. The Balaban J connectivity index is 2.09. The van der Waals surface area contributed by atoms with Crippen molar-refractivity contribution in [2.45, 2.75) is 26.8 Å². The van der Waals surface area contributed by atoms with Gasteiger partial charge in [-0.05, 0) is 50.1 Å². The zero-order chi connectivity index (χ0) is 22.9. The van der Waals surface area contributed by atoms with Crippen molar-refractivity contribution in [3.63, 3.8) is 0 Å². The summed E-state index contributed by atoms with van der Waals surface area (Å²) in [6.07, 6.45) is 0. The molecule has 0 unspecified atom stereocenters. The van der Waals surface area contributed by atoms with Gasteiger partial charge in [0.2, 0.25) is 0 Å². The maximum Gasteiger partial charge on any atom is 0.270 e. The van der Waals surface area contributed by atoms with E-state index < -0.39 is 27.8 Å². The van der Waals surface area contributed by atoms with Crippen molar-refractivity contribution < 1.29 is 27.1 Å². The Labute approximate surface area is 181 Å². The first-order valence-corrected chi connectivity index (χ1v) is 11.2. The van der Waals surface area contributed by atoms with Crippen LogP contribution in [0.25, 0.3) is 5.57 Å². The second-order valence-electron chi connectivity index (χ2n) is 7.09. The van der Waals surface area contributed by atoms with Crippen LogP contribution < -0.4 is 19.1 Å². The number of benzene rings is 2. The van der Waals surface area contributed by atoms with E-state index in [1.807, 2.05) is 0 Å². The molecule has 1 atom stereocenters. The fraction of sp³-hybridized carbons (Fsp3) is 0.318. The fourth-order valence-electron chi connectivity index (χ4n) is 3.66. The summed E-state index contributed by atoms with van der Waals surface area (Å²) >= 11 is 0. The SMILES string of the molecule is CCN1c2cc(OC)c(OC)cc2C(C)=C(C(=O)N[C@H](C)c2ccc(F)cc2)S1(=O)=O. The highest BCUT2D eigenvalue weighted by atomic mass is 32.2. The standard InChI is InChI=1S/C22H25FN2O5S/c1-6-25-18-12-20(30-5)19(29-4)11-17(18)13(2)21(31(25,27)28)22(26)24-14(3)15-7-9-16(23)10-8-15/h7-12,14H,6H2,1-5H3,(H,24,26)/t14-/m1/s1. The molecule has 0 radical (unpaired) electrons. The number of rotatable bonds is 6. The molecule has 1 amide bonds. The largest absolute Gasteiger partial charge is 0.493 e. The lowest BCUT2D eigenvalue weighted by molar-refractivity contribution is -0.117. The maximum absolute atomic E-state index is 13.4. The van der Waals surface area contributed by atoms with Crippen LogP contribution in [0.15, 0.2) is 41.3 Å².